The number of rotatable bonds is 7. The molecule has 0 saturated heterocycles. The maximum atomic E-state index is 13.5. The number of aryl methyl sites for hydroxylation is 1. The molecule has 2 aromatic rings. The number of H-pyrrole nitrogens is 1. The standard InChI is InChI=1S/C19H21FN4O2/c1-4-13-17(12(3)25)11(2)24-18(13)19(26)23-9-8-22-16-7-5-6-15(20)14(16)10-21/h5-7,22,24H,4,8-9H2,1-3H3,(H,23,26). The van der Waals surface area contributed by atoms with Crippen molar-refractivity contribution in [3.8, 4) is 6.07 Å². The minimum absolute atomic E-state index is 0.0572. The highest BCUT2D eigenvalue weighted by Gasteiger charge is 2.21. The van der Waals surface area contributed by atoms with E-state index in [2.05, 4.69) is 15.6 Å². The SMILES string of the molecule is CCc1c(C(=O)NCCNc2cccc(F)c2C#N)[nH]c(C)c1C(C)=O. The van der Waals surface area contributed by atoms with E-state index in [0.29, 0.717) is 41.2 Å². The van der Waals surface area contributed by atoms with Crippen LogP contribution in [0.5, 0.6) is 0 Å². The topological polar surface area (TPSA) is 97.8 Å². The molecule has 0 aliphatic rings. The van der Waals surface area contributed by atoms with Gasteiger partial charge < -0.3 is 15.6 Å². The molecule has 0 unspecified atom stereocenters. The van der Waals surface area contributed by atoms with Gasteiger partial charge >= 0.3 is 0 Å². The minimum Gasteiger partial charge on any atom is -0.382 e. The van der Waals surface area contributed by atoms with Gasteiger partial charge in [-0.15, -0.1) is 0 Å². The van der Waals surface area contributed by atoms with E-state index in [4.69, 9.17) is 5.26 Å². The van der Waals surface area contributed by atoms with E-state index < -0.39 is 5.82 Å². The first-order valence-electron chi connectivity index (χ1n) is 8.33. The van der Waals surface area contributed by atoms with Crippen molar-refractivity contribution in [3.63, 3.8) is 0 Å². The van der Waals surface area contributed by atoms with Gasteiger partial charge in [0.25, 0.3) is 5.91 Å². The van der Waals surface area contributed by atoms with Crippen molar-refractivity contribution in [1.29, 1.82) is 5.26 Å². The zero-order valence-corrected chi connectivity index (χ0v) is 15.0. The predicted octanol–water partition coefficient (Wildman–Crippen LogP) is 2.94. The van der Waals surface area contributed by atoms with Gasteiger partial charge in [-0.3, -0.25) is 9.59 Å². The van der Waals surface area contributed by atoms with Gasteiger partial charge in [-0.05, 0) is 38.0 Å². The number of hydrogen-bond donors (Lipinski definition) is 3. The Bertz CT molecular complexity index is 880. The molecule has 0 radical (unpaired) electrons. The van der Waals surface area contributed by atoms with Crippen LogP contribution in [-0.4, -0.2) is 29.8 Å². The van der Waals surface area contributed by atoms with Gasteiger partial charge in [0.15, 0.2) is 5.78 Å². The molecule has 1 amide bonds. The Morgan fingerprint density at radius 1 is 1.31 bits per heavy atom. The molecule has 0 fully saturated rings. The summed E-state index contributed by atoms with van der Waals surface area (Å²) in [6.45, 7) is 5.73. The number of hydrogen-bond acceptors (Lipinski definition) is 4. The highest BCUT2D eigenvalue weighted by molar-refractivity contribution is 6.02. The first-order valence-corrected chi connectivity index (χ1v) is 8.33. The van der Waals surface area contributed by atoms with Crippen LogP contribution in [0.4, 0.5) is 10.1 Å². The van der Waals surface area contributed by atoms with Crippen LogP contribution < -0.4 is 10.6 Å². The summed E-state index contributed by atoms with van der Waals surface area (Å²) in [7, 11) is 0. The average molecular weight is 356 g/mol. The predicted molar refractivity (Wildman–Crippen MR) is 96.9 cm³/mol. The fourth-order valence-corrected chi connectivity index (χ4v) is 2.95. The average Bonchev–Trinajstić information content (AvgIpc) is 2.95. The first-order chi connectivity index (χ1) is 12.4. The van der Waals surface area contributed by atoms with E-state index in [1.54, 1.807) is 13.0 Å². The summed E-state index contributed by atoms with van der Waals surface area (Å²) in [5.74, 6) is -0.974. The second-order valence-electron chi connectivity index (χ2n) is 5.85. The lowest BCUT2D eigenvalue weighted by Crippen LogP contribution is -2.30. The van der Waals surface area contributed by atoms with Crippen LogP contribution in [-0.2, 0) is 6.42 Å². The summed E-state index contributed by atoms with van der Waals surface area (Å²) >= 11 is 0. The molecular formula is C19H21FN4O2. The second-order valence-corrected chi connectivity index (χ2v) is 5.85. The molecule has 0 spiro atoms. The Morgan fingerprint density at radius 2 is 2.04 bits per heavy atom. The molecule has 26 heavy (non-hydrogen) atoms. The molecule has 136 valence electrons. The number of aromatic amines is 1. The van der Waals surface area contributed by atoms with E-state index in [9.17, 15) is 14.0 Å². The third-order valence-electron chi connectivity index (χ3n) is 4.08. The first kappa shape index (κ1) is 19.2. The van der Waals surface area contributed by atoms with Gasteiger partial charge in [-0.2, -0.15) is 5.26 Å². The van der Waals surface area contributed by atoms with E-state index in [0.717, 1.165) is 0 Å². The Labute approximate surface area is 151 Å². The Hall–Kier alpha value is -3.14. The molecule has 0 saturated carbocycles. The molecule has 3 N–H and O–H groups in total. The van der Waals surface area contributed by atoms with Gasteiger partial charge in [-0.1, -0.05) is 13.0 Å². The highest BCUT2D eigenvalue weighted by Crippen LogP contribution is 2.20. The Balaban J connectivity index is 2.01. The minimum atomic E-state index is -0.590. The summed E-state index contributed by atoms with van der Waals surface area (Å²) in [4.78, 5) is 27.2. The molecule has 0 atom stereocenters. The van der Waals surface area contributed by atoms with Gasteiger partial charge in [0.1, 0.15) is 23.1 Å². The third kappa shape index (κ3) is 3.91. The van der Waals surface area contributed by atoms with Crippen LogP contribution in [0.3, 0.4) is 0 Å². The second kappa shape index (κ2) is 8.30. The zero-order chi connectivity index (χ0) is 19.3. The number of aromatic nitrogens is 1. The monoisotopic (exact) mass is 356 g/mol. The number of nitrogens with zero attached hydrogens (tertiary/aromatic N) is 1. The van der Waals surface area contributed by atoms with Crippen LogP contribution in [0.1, 0.15) is 51.5 Å². The Morgan fingerprint density at radius 3 is 2.65 bits per heavy atom. The van der Waals surface area contributed by atoms with Crippen molar-refractivity contribution in [2.45, 2.75) is 27.2 Å². The lowest BCUT2D eigenvalue weighted by molar-refractivity contribution is 0.0949. The fraction of sp³-hybridized carbons (Fsp3) is 0.316. The largest absolute Gasteiger partial charge is 0.382 e. The number of nitriles is 1. The van der Waals surface area contributed by atoms with Crippen LogP contribution >= 0.6 is 0 Å². The molecule has 7 heteroatoms. The van der Waals surface area contributed by atoms with Crippen molar-refractivity contribution in [3.05, 3.63) is 52.1 Å². The van der Waals surface area contributed by atoms with Crippen molar-refractivity contribution >= 4 is 17.4 Å². The summed E-state index contributed by atoms with van der Waals surface area (Å²) < 4.78 is 13.5. The molecule has 0 aliphatic carbocycles. The quantitative estimate of drug-likeness (QED) is 0.525. The van der Waals surface area contributed by atoms with Crippen molar-refractivity contribution < 1.29 is 14.0 Å². The number of carbonyl (C=O) groups is 2. The van der Waals surface area contributed by atoms with Crippen molar-refractivity contribution in [2.75, 3.05) is 18.4 Å². The lowest BCUT2D eigenvalue weighted by atomic mass is 10.0. The van der Waals surface area contributed by atoms with E-state index in [-0.39, 0.29) is 23.8 Å². The molecule has 2 rings (SSSR count). The van der Waals surface area contributed by atoms with Gasteiger partial charge in [0, 0.05) is 24.3 Å². The molecule has 0 bridgehead atoms. The molecule has 6 nitrogen and oxygen atoms in total. The van der Waals surface area contributed by atoms with Crippen molar-refractivity contribution in [2.24, 2.45) is 0 Å². The van der Waals surface area contributed by atoms with Gasteiger partial charge in [0.05, 0.1) is 5.69 Å². The molecule has 1 aromatic carbocycles. The summed E-state index contributed by atoms with van der Waals surface area (Å²) in [6, 6.07) is 6.15. The van der Waals surface area contributed by atoms with E-state index in [1.807, 2.05) is 13.0 Å². The number of nitrogens with one attached hydrogen (secondary N) is 3. The number of ketones is 1. The summed E-state index contributed by atoms with van der Waals surface area (Å²) in [6.07, 6.45) is 0.565. The number of anilines is 1. The maximum absolute atomic E-state index is 13.5. The summed E-state index contributed by atoms with van der Waals surface area (Å²) in [5, 5.41) is 14.7. The number of carbonyl (C=O) groups excluding carboxylic acids is 2. The number of benzene rings is 1. The van der Waals surface area contributed by atoms with Crippen LogP contribution in [0, 0.1) is 24.1 Å². The Kier molecular flexibility index (Phi) is 6.12. The van der Waals surface area contributed by atoms with Gasteiger partial charge in [-0.25, -0.2) is 4.39 Å². The van der Waals surface area contributed by atoms with E-state index >= 15 is 0 Å². The maximum Gasteiger partial charge on any atom is 0.268 e. The van der Waals surface area contributed by atoms with Crippen LogP contribution in [0.15, 0.2) is 18.2 Å². The number of halogens is 1. The summed E-state index contributed by atoms with van der Waals surface area (Å²) in [5.41, 5.74) is 2.66. The van der Waals surface area contributed by atoms with Crippen LogP contribution in [0.2, 0.25) is 0 Å². The molecular weight excluding hydrogens is 335 g/mol. The van der Waals surface area contributed by atoms with Crippen molar-refractivity contribution in [1.82, 2.24) is 10.3 Å². The van der Waals surface area contributed by atoms with Gasteiger partial charge in [0.2, 0.25) is 0 Å². The lowest BCUT2D eigenvalue weighted by Gasteiger charge is -2.10. The number of Topliss-reactive ketones (excluding diaryl/α,β-unsaturated/α-hetero) is 1. The fourth-order valence-electron chi connectivity index (χ4n) is 2.95. The number of amides is 1. The molecule has 1 aromatic heterocycles. The van der Waals surface area contributed by atoms with E-state index in [1.165, 1.54) is 19.1 Å². The highest BCUT2D eigenvalue weighted by atomic mass is 19.1. The normalized spacial score (nSPS) is 10.3. The molecule has 0 aliphatic heterocycles. The smallest absolute Gasteiger partial charge is 0.268 e. The third-order valence-corrected chi connectivity index (χ3v) is 4.08. The zero-order valence-electron chi connectivity index (χ0n) is 15.0. The van der Waals surface area contributed by atoms with Crippen LogP contribution in [0.25, 0.3) is 0 Å². The molecule has 1 heterocycles.